The smallest absolute Gasteiger partial charge is 0.419 e. The van der Waals surface area contributed by atoms with E-state index in [2.05, 4.69) is 16.1 Å². The highest BCUT2D eigenvalue weighted by molar-refractivity contribution is 4.89. The Bertz CT molecular complexity index is 274. The third-order valence-corrected chi connectivity index (χ3v) is 1.21. The molecule has 2 nitrogen and oxygen atoms in total. The van der Waals surface area contributed by atoms with Gasteiger partial charge in [0, 0.05) is 6.92 Å². The zero-order valence-electron chi connectivity index (χ0n) is 7.67. The van der Waals surface area contributed by atoms with Crippen molar-refractivity contribution < 1.29 is 40.2 Å². The van der Waals surface area contributed by atoms with Crippen LogP contribution in [-0.2, 0) is 9.47 Å². The summed E-state index contributed by atoms with van der Waals surface area (Å²) >= 11 is 0. The van der Waals surface area contributed by atoms with Crippen molar-refractivity contribution in [1.82, 2.24) is 0 Å². The molecule has 0 aromatic carbocycles. The third-order valence-electron chi connectivity index (χ3n) is 1.21. The second-order valence-electron chi connectivity index (χ2n) is 2.53. The lowest BCUT2D eigenvalue weighted by Gasteiger charge is -2.15. The van der Waals surface area contributed by atoms with Crippen molar-refractivity contribution in [2.45, 2.75) is 18.9 Å². The summed E-state index contributed by atoms with van der Waals surface area (Å²) in [5, 5.41) is 0. The fourth-order valence-electron chi connectivity index (χ4n) is 0.528. The van der Waals surface area contributed by atoms with Gasteiger partial charge in [-0.25, -0.2) is 0 Å². The summed E-state index contributed by atoms with van der Waals surface area (Å²) in [5.74, 6) is -3.79. The first-order valence-corrected chi connectivity index (χ1v) is 3.49. The highest BCUT2D eigenvalue weighted by atomic mass is 19.3. The van der Waals surface area contributed by atoms with Gasteiger partial charge in [-0.05, 0) is 6.58 Å². The fraction of sp³-hybridized carbons (Fsp3) is 0.429. The average Bonchev–Trinajstić information content (AvgIpc) is 2.18. The minimum Gasteiger partial charge on any atom is -0.419 e. The highest BCUT2D eigenvalue weighted by Gasteiger charge is 2.62. The third kappa shape index (κ3) is 3.63. The molecule has 1 rings (SSSR count). The van der Waals surface area contributed by atoms with Crippen LogP contribution in [0.5, 0.6) is 0 Å². The van der Waals surface area contributed by atoms with Gasteiger partial charge in [0.1, 0.15) is 0 Å². The maximum atomic E-state index is 12.5. The van der Waals surface area contributed by atoms with Crippen LogP contribution in [0.4, 0.5) is 30.7 Å². The Hall–Kier alpha value is -1.41. The molecule has 1 heterocycles. The molecule has 94 valence electrons. The Kier molecular flexibility index (Phi) is 4.21. The molecule has 16 heavy (non-hydrogen) atoms. The van der Waals surface area contributed by atoms with Crippen LogP contribution in [0.25, 0.3) is 0 Å². The van der Waals surface area contributed by atoms with E-state index in [0.717, 1.165) is 0 Å². The van der Waals surface area contributed by atoms with Crippen molar-refractivity contribution in [1.29, 1.82) is 0 Å². The first kappa shape index (κ1) is 14.6. The van der Waals surface area contributed by atoms with Crippen LogP contribution in [-0.4, -0.2) is 12.0 Å². The largest absolute Gasteiger partial charge is 0.473 e. The Balaban J connectivity index is 0.000000325. The molecule has 1 aliphatic rings. The zero-order valence-corrected chi connectivity index (χ0v) is 7.67. The first-order chi connectivity index (χ1) is 6.99. The molecule has 0 bridgehead atoms. The second kappa shape index (κ2) is 4.62. The molecule has 0 amide bonds. The predicted octanol–water partition coefficient (Wildman–Crippen LogP) is 3.77. The van der Waals surface area contributed by atoms with Crippen molar-refractivity contribution in [3.8, 4) is 0 Å². The summed E-state index contributed by atoms with van der Waals surface area (Å²) in [6, 6.07) is 0. The molecule has 0 aromatic heterocycles. The predicted molar refractivity (Wildman–Crippen MR) is 37.2 cm³/mol. The van der Waals surface area contributed by atoms with Crippen LogP contribution in [0.3, 0.4) is 0 Å². The van der Waals surface area contributed by atoms with Gasteiger partial charge in [-0.1, -0.05) is 0 Å². The number of halogens is 7. The van der Waals surface area contributed by atoms with Crippen LogP contribution in [0, 0.1) is 0 Å². The van der Waals surface area contributed by atoms with Crippen LogP contribution in [0.1, 0.15) is 6.92 Å². The van der Waals surface area contributed by atoms with E-state index in [1.807, 2.05) is 0 Å². The van der Waals surface area contributed by atoms with E-state index in [-0.39, 0.29) is 0 Å². The van der Waals surface area contributed by atoms with E-state index >= 15 is 0 Å². The van der Waals surface area contributed by atoms with Crippen molar-refractivity contribution >= 4 is 0 Å². The molecule has 9 heteroatoms. The molecule has 0 aromatic rings. The summed E-state index contributed by atoms with van der Waals surface area (Å²) < 4.78 is 85.6. The fourth-order valence-corrected chi connectivity index (χ4v) is 0.528. The number of hydrogen-bond donors (Lipinski definition) is 0. The molecule has 0 spiro atoms. The van der Waals surface area contributed by atoms with Gasteiger partial charge in [0.15, 0.2) is 0 Å². The summed E-state index contributed by atoms with van der Waals surface area (Å²) in [5.41, 5.74) is 0. The molecule has 0 aliphatic carbocycles. The molecule has 0 saturated carbocycles. The van der Waals surface area contributed by atoms with E-state index in [4.69, 9.17) is 0 Å². The van der Waals surface area contributed by atoms with Gasteiger partial charge < -0.3 is 9.47 Å². The molecule has 1 unspecified atom stereocenters. The number of rotatable bonds is 0. The van der Waals surface area contributed by atoms with Crippen molar-refractivity contribution in [2.75, 3.05) is 0 Å². The SMILES string of the molecule is C=C1OC(C)(F)C(F)(F)O1.FC(F)=C(F)F. The Morgan fingerprint density at radius 2 is 1.38 bits per heavy atom. The van der Waals surface area contributed by atoms with Gasteiger partial charge in [-0.15, -0.1) is 0 Å². The van der Waals surface area contributed by atoms with Gasteiger partial charge in [0.25, 0.3) is 5.95 Å². The molecular weight excluding hydrogens is 249 g/mol. The van der Waals surface area contributed by atoms with E-state index < -0.39 is 30.1 Å². The molecule has 1 aliphatic heterocycles. The maximum Gasteiger partial charge on any atom is 0.473 e. The van der Waals surface area contributed by atoms with E-state index in [9.17, 15) is 30.7 Å². The zero-order chi connectivity index (χ0) is 13.1. The summed E-state index contributed by atoms with van der Waals surface area (Å²) in [7, 11) is 0. The van der Waals surface area contributed by atoms with Crippen molar-refractivity contribution in [3.05, 3.63) is 24.7 Å². The molecular formula is C7H5F7O2. The Labute approximate surface area is 84.9 Å². The Morgan fingerprint density at radius 3 is 1.44 bits per heavy atom. The minimum atomic E-state index is -3.93. The van der Waals surface area contributed by atoms with Gasteiger partial charge in [0.2, 0.25) is 0 Å². The summed E-state index contributed by atoms with van der Waals surface area (Å²) in [6.45, 7) is 3.46. The van der Waals surface area contributed by atoms with Gasteiger partial charge in [0.05, 0.1) is 0 Å². The lowest BCUT2D eigenvalue weighted by Crippen LogP contribution is -2.37. The van der Waals surface area contributed by atoms with E-state index in [0.29, 0.717) is 6.92 Å². The minimum absolute atomic E-state index is 0.575. The second-order valence-corrected chi connectivity index (χ2v) is 2.53. The van der Waals surface area contributed by atoms with Crippen LogP contribution < -0.4 is 0 Å². The molecule has 1 fully saturated rings. The Morgan fingerprint density at radius 1 is 1.00 bits per heavy atom. The standard InChI is InChI=1S/C5H5F3O2.C2F4/c1-3-9-4(2,6)5(7,8)10-3;3-1(4)2(5)6/h1H2,2H3;. The van der Waals surface area contributed by atoms with E-state index in [1.165, 1.54) is 0 Å². The number of hydrogen-bond acceptors (Lipinski definition) is 2. The quantitative estimate of drug-likeness (QED) is 0.612. The van der Waals surface area contributed by atoms with Crippen LogP contribution in [0.2, 0.25) is 0 Å². The van der Waals surface area contributed by atoms with Crippen molar-refractivity contribution in [2.24, 2.45) is 0 Å². The van der Waals surface area contributed by atoms with Crippen LogP contribution >= 0.6 is 0 Å². The lowest BCUT2D eigenvalue weighted by atomic mass is 10.3. The number of ether oxygens (including phenoxy) is 2. The topological polar surface area (TPSA) is 18.5 Å². The monoisotopic (exact) mass is 254 g/mol. The summed E-state index contributed by atoms with van der Waals surface area (Å²) in [4.78, 5) is 0. The first-order valence-electron chi connectivity index (χ1n) is 3.49. The van der Waals surface area contributed by atoms with Crippen LogP contribution in [0.15, 0.2) is 24.7 Å². The van der Waals surface area contributed by atoms with Gasteiger partial charge in [-0.2, -0.15) is 30.7 Å². The highest BCUT2D eigenvalue weighted by Crippen LogP contribution is 2.43. The summed E-state index contributed by atoms with van der Waals surface area (Å²) in [6.07, 6.45) is -9.74. The normalized spacial score (nSPS) is 26.1. The van der Waals surface area contributed by atoms with Gasteiger partial charge in [-0.3, -0.25) is 0 Å². The van der Waals surface area contributed by atoms with Crippen molar-refractivity contribution in [3.63, 3.8) is 0 Å². The molecule has 1 atom stereocenters. The lowest BCUT2D eigenvalue weighted by molar-refractivity contribution is -0.280. The molecule has 0 N–H and O–H groups in total. The molecule has 0 radical (unpaired) electrons. The average molecular weight is 254 g/mol. The maximum absolute atomic E-state index is 12.5. The van der Waals surface area contributed by atoms with E-state index in [1.54, 1.807) is 0 Å². The molecule has 1 saturated heterocycles. The van der Waals surface area contributed by atoms with Gasteiger partial charge >= 0.3 is 24.1 Å². The number of alkyl halides is 3.